The normalized spacial score (nSPS) is 15.6. The number of carbonyl (C=O) groups is 1. The van der Waals surface area contributed by atoms with Crippen LogP contribution in [-0.4, -0.2) is 31.1 Å². The van der Waals surface area contributed by atoms with Crippen LogP contribution in [-0.2, 0) is 4.79 Å². The van der Waals surface area contributed by atoms with Gasteiger partial charge < -0.3 is 10.1 Å². The second-order valence-corrected chi connectivity index (χ2v) is 7.16. The molecule has 3 aromatic carbocycles. The Labute approximate surface area is 176 Å². The molecule has 0 bridgehead atoms. The van der Waals surface area contributed by atoms with Crippen LogP contribution in [0.2, 0.25) is 0 Å². The van der Waals surface area contributed by atoms with Crippen LogP contribution in [0.15, 0.2) is 85.5 Å². The van der Waals surface area contributed by atoms with Gasteiger partial charge in [0, 0.05) is 6.54 Å². The predicted octanol–water partition coefficient (Wildman–Crippen LogP) is 4.05. The van der Waals surface area contributed by atoms with E-state index in [4.69, 9.17) is 4.74 Å². The number of carbonyl (C=O) groups excluding carboxylic acids is 1. The van der Waals surface area contributed by atoms with Crippen molar-refractivity contribution in [3.05, 3.63) is 96.6 Å². The largest absolute Gasteiger partial charge is 0.497 e. The minimum absolute atomic E-state index is 0.0373. The first-order valence-corrected chi connectivity index (χ1v) is 9.95. The molecule has 1 heterocycles. The molecule has 0 spiro atoms. The van der Waals surface area contributed by atoms with Crippen molar-refractivity contribution in [1.82, 2.24) is 15.8 Å². The third-order valence-electron chi connectivity index (χ3n) is 5.19. The summed E-state index contributed by atoms with van der Waals surface area (Å²) in [5.74, 6) is 0.749. The van der Waals surface area contributed by atoms with Gasteiger partial charge in [-0.25, -0.2) is 5.01 Å². The summed E-state index contributed by atoms with van der Waals surface area (Å²) in [7, 11) is 1.64. The number of hydrogen-bond acceptors (Lipinski definition) is 4. The van der Waals surface area contributed by atoms with Gasteiger partial charge >= 0.3 is 0 Å². The number of benzene rings is 3. The van der Waals surface area contributed by atoms with Crippen molar-refractivity contribution in [3.63, 3.8) is 0 Å². The zero-order chi connectivity index (χ0) is 20.9. The smallest absolute Gasteiger partial charge is 0.255 e. The third kappa shape index (κ3) is 4.07. The number of hydrazine groups is 1. The molecule has 0 unspecified atom stereocenters. The number of ether oxygens (including phenoxy) is 1. The van der Waals surface area contributed by atoms with Crippen molar-refractivity contribution in [2.75, 3.05) is 20.2 Å². The molecule has 1 aliphatic rings. The lowest BCUT2D eigenvalue weighted by Crippen LogP contribution is -2.44. The molecular formula is C25H25N3O2. The molecule has 152 valence electrons. The van der Waals surface area contributed by atoms with Gasteiger partial charge in [-0.05, 0) is 46.2 Å². The first-order chi connectivity index (χ1) is 14.7. The lowest BCUT2D eigenvalue weighted by molar-refractivity contribution is -0.133. The Bertz CT molecular complexity index is 1090. The first kappa shape index (κ1) is 19.7. The van der Waals surface area contributed by atoms with Gasteiger partial charge in [0.15, 0.2) is 0 Å². The lowest BCUT2D eigenvalue weighted by atomic mass is 10.0. The van der Waals surface area contributed by atoms with Crippen molar-refractivity contribution < 1.29 is 9.53 Å². The minimum Gasteiger partial charge on any atom is -0.497 e. The molecule has 30 heavy (non-hydrogen) atoms. The monoisotopic (exact) mass is 399 g/mol. The van der Waals surface area contributed by atoms with E-state index in [1.807, 2.05) is 36.4 Å². The van der Waals surface area contributed by atoms with Crippen LogP contribution < -0.4 is 15.5 Å². The number of methoxy groups -OCH3 is 1. The second-order valence-electron chi connectivity index (χ2n) is 7.16. The van der Waals surface area contributed by atoms with E-state index in [9.17, 15) is 4.79 Å². The Hall–Kier alpha value is -3.57. The molecule has 0 saturated carbocycles. The van der Waals surface area contributed by atoms with Gasteiger partial charge in [-0.2, -0.15) is 0 Å². The quantitative estimate of drug-likeness (QED) is 0.465. The van der Waals surface area contributed by atoms with Gasteiger partial charge in [0.25, 0.3) is 5.91 Å². The maximum atomic E-state index is 12.9. The summed E-state index contributed by atoms with van der Waals surface area (Å²) in [5, 5.41) is 7.12. The zero-order valence-electron chi connectivity index (χ0n) is 17.0. The van der Waals surface area contributed by atoms with Gasteiger partial charge in [-0.15, -0.1) is 6.58 Å². The van der Waals surface area contributed by atoms with Crippen molar-refractivity contribution in [2.24, 2.45) is 0 Å². The Balaban J connectivity index is 1.66. The summed E-state index contributed by atoms with van der Waals surface area (Å²) in [6.07, 6.45) is 3.84. The molecular weight excluding hydrogens is 374 g/mol. The molecule has 0 radical (unpaired) electrons. The number of nitrogens with one attached hydrogen (secondary N) is 2. The van der Waals surface area contributed by atoms with Crippen LogP contribution >= 0.6 is 0 Å². The zero-order valence-corrected chi connectivity index (χ0v) is 17.0. The van der Waals surface area contributed by atoms with Crippen LogP contribution in [0.4, 0.5) is 0 Å². The number of fused-ring (bicyclic) bond motifs is 1. The molecule has 1 atom stereocenters. The Morgan fingerprint density at radius 3 is 2.63 bits per heavy atom. The summed E-state index contributed by atoms with van der Waals surface area (Å²) in [6.45, 7) is 4.49. The van der Waals surface area contributed by atoms with Crippen LogP contribution in [0.5, 0.6) is 5.75 Å². The fraction of sp³-hybridized carbons (Fsp3) is 0.160. The molecule has 1 aliphatic heterocycles. The number of nitrogens with zero attached hydrogens (tertiary/aromatic N) is 1. The van der Waals surface area contributed by atoms with Crippen LogP contribution in [0.25, 0.3) is 16.5 Å². The second kappa shape index (κ2) is 8.84. The van der Waals surface area contributed by atoms with Gasteiger partial charge in [0.05, 0.1) is 25.4 Å². The summed E-state index contributed by atoms with van der Waals surface area (Å²) < 4.78 is 5.27. The Morgan fingerprint density at radius 2 is 1.90 bits per heavy atom. The molecule has 3 aromatic rings. The van der Waals surface area contributed by atoms with E-state index in [0.717, 1.165) is 28.0 Å². The van der Waals surface area contributed by atoms with E-state index < -0.39 is 0 Å². The standard InChI is InChI=1S/C25H25N3O2/c1-3-14-26-17-25(29)28-24(19-10-12-22(30-2)13-11-19)16-23(27-28)21-9-8-18-6-4-5-7-20(18)15-21/h3-13,15-16,24,26-27H,1,14,17H2,2H3/t24-/m0/s1. The summed E-state index contributed by atoms with van der Waals surface area (Å²) in [5.41, 5.74) is 6.29. The van der Waals surface area contributed by atoms with Crippen molar-refractivity contribution in [1.29, 1.82) is 0 Å². The van der Waals surface area contributed by atoms with Gasteiger partial charge in [0.2, 0.25) is 0 Å². The fourth-order valence-electron chi connectivity index (χ4n) is 3.62. The number of rotatable bonds is 7. The highest BCUT2D eigenvalue weighted by Crippen LogP contribution is 2.33. The van der Waals surface area contributed by atoms with Gasteiger partial charge in [-0.3, -0.25) is 10.2 Å². The van der Waals surface area contributed by atoms with Gasteiger partial charge in [0.1, 0.15) is 5.75 Å². The molecule has 0 saturated heterocycles. The van der Waals surface area contributed by atoms with E-state index in [-0.39, 0.29) is 18.5 Å². The molecule has 5 nitrogen and oxygen atoms in total. The van der Waals surface area contributed by atoms with E-state index in [0.29, 0.717) is 6.54 Å². The topological polar surface area (TPSA) is 53.6 Å². The van der Waals surface area contributed by atoms with Crippen LogP contribution in [0, 0.1) is 0 Å². The van der Waals surface area contributed by atoms with E-state index in [1.165, 1.54) is 5.39 Å². The van der Waals surface area contributed by atoms with Crippen LogP contribution in [0.1, 0.15) is 17.2 Å². The molecule has 0 fully saturated rings. The van der Waals surface area contributed by atoms with E-state index >= 15 is 0 Å². The average Bonchev–Trinajstić information content (AvgIpc) is 3.24. The lowest BCUT2D eigenvalue weighted by Gasteiger charge is -2.26. The van der Waals surface area contributed by atoms with Crippen molar-refractivity contribution >= 4 is 22.4 Å². The molecule has 0 aromatic heterocycles. The number of amides is 1. The minimum atomic E-state index is -0.213. The summed E-state index contributed by atoms with van der Waals surface area (Å²) in [4.78, 5) is 12.9. The fourth-order valence-corrected chi connectivity index (χ4v) is 3.62. The molecule has 2 N–H and O–H groups in total. The average molecular weight is 399 g/mol. The SMILES string of the molecule is C=CCNCC(=O)N1NC(c2ccc3ccccc3c2)=C[C@H]1c1ccc(OC)cc1. The Morgan fingerprint density at radius 1 is 1.13 bits per heavy atom. The number of hydrogen-bond donors (Lipinski definition) is 2. The maximum absolute atomic E-state index is 12.9. The summed E-state index contributed by atoms with van der Waals surface area (Å²) in [6, 6.07) is 22.2. The van der Waals surface area contributed by atoms with E-state index in [1.54, 1.807) is 18.2 Å². The highest BCUT2D eigenvalue weighted by molar-refractivity contribution is 5.88. The third-order valence-corrected chi connectivity index (χ3v) is 5.19. The molecule has 1 amide bonds. The van der Waals surface area contributed by atoms with Crippen molar-refractivity contribution in [2.45, 2.75) is 6.04 Å². The molecule has 5 heteroatoms. The highest BCUT2D eigenvalue weighted by atomic mass is 16.5. The first-order valence-electron chi connectivity index (χ1n) is 9.95. The molecule has 0 aliphatic carbocycles. The van der Waals surface area contributed by atoms with E-state index in [2.05, 4.69) is 53.7 Å². The Kier molecular flexibility index (Phi) is 5.82. The maximum Gasteiger partial charge on any atom is 0.255 e. The van der Waals surface area contributed by atoms with Crippen LogP contribution in [0.3, 0.4) is 0 Å². The summed E-state index contributed by atoms with van der Waals surface area (Å²) >= 11 is 0. The predicted molar refractivity (Wildman–Crippen MR) is 121 cm³/mol. The van der Waals surface area contributed by atoms with Crippen molar-refractivity contribution in [3.8, 4) is 5.75 Å². The van der Waals surface area contributed by atoms with Gasteiger partial charge in [-0.1, -0.05) is 54.6 Å². The molecule has 4 rings (SSSR count). The highest BCUT2D eigenvalue weighted by Gasteiger charge is 2.30.